The topological polar surface area (TPSA) is 56.8 Å². The van der Waals surface area contributed by atoms with E-state index >= 15 is 0 Å². The normalized spacial score (nSPS) is 18.5. The smallest absolute Gasteiger partial charge is 0.224 e. The molecule has 144 valence electrons. The zero-order valence-corrected chi connectivity index (χ0v) is 15.8. The third-order valence-corrected chi connectivity index (χ3v) is 5.18. The van der Waals surface area contributed by atoms with Crippen LogP contribution < -0.4 is 15.1 Å². The van der Waals surface area contributed by atoms with Gasteiger partial charge in [0.1, 0.15) is 5.82 Å². The predicted molar refractivity (Wildman–Crippen MR) is 109 cm³/mol. The van der Waals surface area contributed by atoms with Gasteiger partial charge in [-0.3, -0.25) is 4.90 Å². The van der Waals surface area contributed by atoms with Gasteiger partial charge in [0.15, 0.2) is 0 Å². The van der Waals surface area contributed by atoms with E-state index in [1.165, 1.54) is 5.69 Å². The van der Waals surface area contributed by atoms with Crippen LogP contribution in [0.1, 0.15) is 0 Å². The van der Waals surface area contributed by atoms with Crippen molar-refractivity contribution in [3.63, 3.8) is 0 Å². The number of para-hydroxylation sites is 1. The molecule has 2 aromatic rings. The second kappa shape index (κ2) is 9.01. The maximum atomic E-state index is 5.39. The molecular formula is C20H28N6O. The summed E-state index contributed by atoms with van der Waals surface area (Å²) in [5.74, 6) is 1.72. The van der Waals surface area contributed by atoms with Crippen LogP contribution >= 0.6 is 0 Å². The Bertz CT molecular complexity index is 699. The van der Waals surface area contributed by atoms with E-state index in [9.17, 15) is 0 Å². The van der Waals surface area contributed by atoms with Crippen LogP contribution in [0.15, 0.2) is 42.6 Å². The molecule has 2 saturated heterocycles. The Kier molecular flexibility index (Phi) is 6.01. The monoisotopic (exact) mass is 368 g/mol. The summed E-state index contributed by atoms with van der Waals surface area (Å²) in [4.78, 5) is 16.3. The molecule has 1 N–H and O–H groups in total. The molecular weight excluding hydrogens is 340 g/mol. The zero-order valence-electron chi connectivity index (χ0n) is 15.8. The lowest BCUT2D eigenvalue weighted by molar-refractivity contribution is 0.0398. The van der Waals surface area contributed by atoms with Crippen molar-refractivity contribution in [2.75, 3.05) is 80.7 Å². The lowest BCUT2D eigenvalue weighted by Crippen LogP contribution is -2.46. The Morgan fingerprint density at radius 3 is 2.41 bits per heavy atom. The highest BCUT2D eigenvalue weighted by Gasteiger charge is 2.18. The first kappa shape index (κ1) is 18.0. The third-order valence-electron chi connectivity index (χ3n) is 5.18. The van der Waals surface area contributed by atoms with E-state index in [0.29, 0.717) is 5.95 Å². The molecule has 2 aliphatic rings. The highest BCUT2D eigenvalue weighted by molar-refractivity contribution is 5.49. The number of aromatic nitrogens is 2. The fourth-order valence-corrected chi connectivity index (χ4v) is 3.59. The summed E-state index contributed by atoms with van der Waals surface area (Å²) in [6.45, 7) is 9.49. The van der Waals surface area contributed by atoms with Gasteiger partial charge in [-0.15, -0.1) is 0 Å². The largest absolute Gasteiger partial charge is 0.379 e. The van der Waals surface area contributed by atoms with E-state index < -0.39 is 0 Å². The molecule has 0 amide bonds. The minimum absolute atomic E-state index is 0.714. The van der Waals surface area contributed by atoms with E-state index in [2.05, 4.69) is 55.3 Å². The maximum absolute atomic E-state index is 5.39. The van der Waals surface area contributed by atoms with Crippen LogP contribution in [0.4, 0.5) is 17.5 Å². The highest BCUT2D eigenvalue weighted by Crippen LogP contribution is 2.19. The number of anilines is 3. The molecule has 3 heterocycles. The molecule has 0 radical (unpaired) electrons. The van der Waals surface area contributed by atoms with Crippen molar-refractivity contribution in [1.82, 2.24) is 14.9 Å². The van der Waals surface area contributed by atoms with Gasteiger partial charge in [0.25, 0.3) is 0 Å². The van der Waals surface area contributed by atoms with Crippen LogP contribution in [0, 0.1) is 0 Å². The first-order valence-corrected chi connectivity index (χ1v) is 9.80. The van der Waals surface area contributed by atoms with Crippen molar-refractivity contribution in [3.8, 4) is 0 Å². The molecule has 0 saturated carbocycles. The quantitative estimate of drug-likeness (QED) is 0.830. The molecule has 1 aromatic heterocycles. The number of rotatable bonds is 6. The number of morpholine rings is 1. The summed E-state index contributed by atoms with van der Waals surface area (Å²) < 4.78 is 5.39. The van der Waals surface area contributed by atoms with Gasteiger partial charge >= 0.3 is 0 Å². The maximum Gasteiger partial charge on any atom is 0.224 e. The van der Waals surface area contributed by atoms with E-state index in [-0.39, 0.29) is 0 Å². The molecule has 0 unspecified atom stereocenters. The van der Waals surface area contributed by atoms with Crippen molar-refractivity contribution in [2.24, 2.45) is 0 Å². The Labute approximate surface area is 161 Å². The van der Waals surface area contributed by atoms with Gasteiger partial charge in [0.2, 0.25) is 5.95 Å². The molecule has 0 aliphatic carbocycles. The number of nitrogens with one attached hydrogen (secondary N) is 1. The second-order valence-electron chi connectivity index (χ2n) is 6.93. The fraction of sp³-hybridized carbons (Fsp3) is 0.500. The molecule has 2 aliphatic heterocycles. The standard InChI is InChI=1S/C20H28N6O/c1-2-4-18(5-3-1)25-10-12-26(13-11-25)19-6-7-21-20(23-19)22-8-9-24-14-16-27-17-15-24/h1-7H,8-17H2,(H,21,22,23). The molecule has 1 aromatic carbocycles. The van der Waals surface area contributed by atoms with E-state index in [0.717, 1.165) is 71.4 Å². The van der Waals surface area contributed by atoms with Crippen LogP contribution in [0.5, 0.6) is 0 Å². The van der Waals surface area contributed by atoms with Crippen LogP contribution in [-0.2, 0) is 4.74 Å². The number of hydrogen-bond donors (Lipinski definition) is 1. The number of ether oxygens (including phenoxy) is 1. The third kappa shape index (κ3) is 4.87. The van der Waals surface area contributed by atoms with Crippen molar-refractivity contribution in [3.05, 3.63) is 42.6 Å². The van der Waals surface area contributed by atoms with Gasteiger partial charge in [-0.25, -0.2) is 4.98 Å². The average Bonchev–Trinajstić information content (AvgIpc) is 2.76. The van der Waals surface area contributed by atoms with Crippen LogP contribution in [0.3, 0.4) is 0 Å². The molecule has 0 bridgehead atoms. The lowest BCUT2D eigenvalue weighted by atomic mass is 10.2. The number of benzene rings is 1. The molecule has 7 nitrogen and oxygen atoms in total. The highest BCUT2D eigenvalue weighted by atomic mass is 16.5. The number of nitrogens with zero attached hydrogens (tertiary/aromatic N) is 5. The zero-order chi connectivity index (χ0) is 18.3. The van der Waals surface area contributed by atoms with Crippen molar-refractivity contribution >= 4 is 17.5 Å². The predicted octanol–water partition coefficient (Wildman–Crippen LogP) is 1.55. The minimum Gasteiger partial charge on any atom is -0.379 e. The van der Waals surface area contributed by atoms with Crippen LogP contribution in [0.2, 0.25) is 0 Å². The van der Waals surface area contributed by atoms with Crippen molar-refractivity contribution in [2.45, 2.75) is 0 Å². The van der Waals surface area contributed by atoms with E-state index in [1.54, 1.807) is 0 Å². The van der Waals surface area contributed by atoms with Crippen molar-refractivity contribution < 1.29 is 4.74 Å². The van der Waals surface area contributed by atoms with Crippen LogP contribution in [-0.4, -0.2) is 80.4 Å². The molecule has 0 atom stereocenters. The summed E-state index contributed by atoms with van der Waals surface area (Å²) in [6.07, 6.45) is 1.85. The Hall–Kier alpha value is -2.38. The summed E-state index contributed by atoms with van der Waals surface area (Å²) in [5, 5.41) is 3.36. The first-order valence-electron chi connectivity index (χ1n) is 9.80. The molecule has 4 rings (SSSR count). The van der Waals surface area contributed by atoms with Gasteiger partial charge in [0.05, 0.1) is 13.2 Å². The van der Waals surface area contributed by atoms with E-state index in [1.807, 2.05) is 12.3 Å². The van der Waals surface area contributed by atoms with Gasteiger partial charge < -0.3 is 19.9 Å². The van der Waals surface area contributed by atoms with Crippen molar-refractivity contribution in [1.29, 1.82) is 0 Å². The molecule has 27 heavy (non-hydrogen) atoms. The minimum atomic E-state index is 0.714. The van der Waals surface area contributed by atoms with E-state index in [4.69, 9.17) is 9.72 Å². The fourth-order valence-electron chi connectivity index (χ4n) is 3.59. The Morgan fingerprint density at radius 1 is 0.889 bits per heavy atom. The SMILES string of the molecule is c1ccc(N2CCN(c3ccnc(NCCN4CCOCC4)n3)CC2)cc1. The summed E-state index contributed by atoms with van der Waals surface area (Å²) in [6, 6.07) is 12.6. The van der Waals surface area contributed by atoms with Gasteiger partial charge in [-0.1, -0.05) is 18.2 Å². The molecule has 0 spiro atoms. The molecule has 2 fully saturated rings. The summed E-state index contributed by atoms with van der Waals surface area (Å²) in [5.41, 5.74) is 1.30. The number of hydrogen-bond acceptors (Lipinski definition) is 7. The Morgan fingerprint density at radius 2 is 1.63 bits per heavy atom. The van der Waals surface area contributed by atoms with Gasteiger partial charge in [0, 0.05) is 64.2 Å². The Balaban J connectivity index is 1.27. The number of piperazine rings is 1. The van der Waals surface area contributed by atoms with Gasteiger partial charge in [-0.2, -0.15) is 4.98 Å². The summed E-state index contributed by atoms with van der Waals surface area (Å²) >= 11 is 0. The van der Waals surface area contributed by atoms with Gasteiger partial charge in [-0.05, 0) is 18.2 Å². The first-order chi connectivity index (χ1) is 13.4. The average molecular weight is 368 g/mol. The lowest BCUT2D eigenvalue weighted by Gasteiger charge is -2.36. The second-order valence-corrected chi connectivity index (χ2v) is 6.93. The molecule has 7 heteroatoms. The van der Waals surface area contributed by atoms with Crippen LogP contribution in [0.25, 0.3) is 0 Å². The summed E-state index contributed by atoms with van der Waals surface area (Å²) in [7, 11) is 0.